The predicted molar refractivity (Wildman–Crippen MR) is 66.6 cm³/mol. The summed E-state index contributed by atoms with van der Waals surface area (Å²) in [5, 5.41) is 14.9. The monoisotopic (exact) mass is 277 g/mol. The molecule has 2 aromatic rings. The molecule has 104 valence electrons. The average molecular weight is 277 g/mol. The van der Waals surface area contributed by atoms with Gasteiger partial charge >= 0.3 is 5.97 Å². The van der Waals surface area contributed by atoms with Crippen LogP contribution in [0.3, 0.4) is 0 Å². The zero-order chi connectivity index (χ0) is 14.5. The maximum Gasteiger partial charge on any atom is 0.358 e. The lowest BCUT2D eigenvalue weighted by Gasteiger charge is -2.07. The molecule has 20 heavy (non-hydrogen) atoms. The Labute approximate surface area is 113 Å². The van der Waals surface area contributed by atoms with Gasteiger partial charge in [0.1, 0.15) is 5.76 Å². The first-order chi connectivity index (χ1) is 9.56. The minimum absolute atomic E-state index is 0.0199. The molecule has 0 aliphatic rings. The van der Waals surface area contributed by atoms with Gasteiger partial charge in [-0.25, -0.2) is 9.78 Å². The van der Waals surface area contributed by atoms with E-state index < -0.39 is 11.9 Å². The number of pyridine rings is 1. The number of aryl methyl sites for hydroxylation is 1. The van der Waals surface area contributed by atoms with Crippen molar-refractivity contribution in [1.82, 2.24) is 10.1 Å². The fourth-order valence-corrected chi connectivity index (χ4v) is 1.42. The first kappa shape index (κ1) is 13.5. The summed E-state index contributed by atoms with van der Waals surface area (Å²) in [7, 11) is 0. The van der Waals surface area contributed by atoms with Gasteiger partial charge < -0.3 is 19.7 Å². The summed E-state index contributed by atoms with van der Waals surface area (Å²) < 4.78 is 9.91. The molecule has 0 unspecified atom stereocenters. The first-order valence-corrected chi connectivity index (χ1v) is 5.60. The third-order valence-electron chi connectivity index (χ3n) is 2.23. The minimum Gasteiger partial charge on any atom is -0.481 e. The molecule has 2 heterocycles. The summed E-state index contributed by atoms with van der Waals surface area (Å²) in [5.74, 6) is -0.875. The molecule has 0 aliphatic heterocycles. The minimum atomic E-state index is -1.23. The normalized spacial score (nSPS) is 10.1. The quantitative estimate of drug-likeness (QED) is 0.840. The van der Waals surface area contributed by atoms with Gasteiger partial charge in [0.15, 0.2) is 23.9 Å². The fraction of sp³-hybridized carbons (Fsp3) is 0.167. The zero-order valence-corrected chi connectivity index (χ0v) is 10.5. The number of carbonyl (C=O) groups excluding carboxylic acids is 1. The van der Waals surface area contributed by atoms with E-state index in [1.54, 1.807) is 13.0 Å². The molecule has 8 nitrogen and oxygen atoms in total. The second kappa shape index (κ2) is 5.83. The van der Waals surface area contributed by atoms with E-state index in [1.165, 1.54) is 18.3 Å². The van der Waals surface area contributed by atoms with Crippen molar-refractivity contribution < 1.29 is 24.0 Å². The highest BCUT2D eigenvalue weighted by atomic mass is 16.5. The molecule has 0 spiro atoms. The number of nitrogens with zero attached hydrogens (tertiary/aromatic N) is 2. The van der Waals surface area contributed by atoms with E-state index >= 15 is 0 Å². The highest BCUT2D eigenvalue weighted by molar-refractivity contribution is 5.91. The summed E-state index contributed by atoms with van der Waals surface area (Å²) in [6, 6.07) is 4.48. The number of rotatable bonds is 5. The third-order valence-corrected chi connectivity index (χ3v) is 2.23. The maximum absolute atomic E-state index is 11.6. The molecule has 0 atom stereocenters. The molecule has 2 N–H and O–H groups in total. The van der Waals surface area contributed by atoms with Crippen LogP contribution in [0.25, 0.3) is 0 Å². The maximum atomic E-state index is 11.6. The molecule has 0 radical (unpaired) electrons. The second-order valence-electron chi connectivity index (χ2n) is 3.81. The van der Waals surface area contributed by atoms with Crippen molar-refractivity contribution in [3.63, 3.8) is 0 Å². The number of hydrogen-bond acceptors (Lipinski definition) is 6. The molecule has 0 saturated carbocycles. The van der Waals surface area contributed by atoms with Crippen molar-refractivity contribution in [1.29, 1.82) is 0 Å². The molecule has 0 bridgehead atoms. The van der Waals surface area contributed by atoms with Crippen molar-refractivity contribution in [3.05, 3.63) is 35.9 Å². The van der Waals surface area contributed by atoms with Crippen molar-refractivity contribution in [2.75, 3.05) is 11.9 Å². The van der Waals surface area contributed by atoms with E-state index in [0.29, 0.717) is 5.76 Å². The predicted octanol–water partition coefficient (Wildman–Crippen LogP) is 1.09. The largest absolute Gasteiger partial charge is 0.481 e. The Hall–Kier alpha value is -2.90. The van der Waals surface area contributed by atoms with E-state index in [4.69, 9.17) is 14.4 Å². The van der Waals surface area contributed by atoms with Gasteiger partial charge in [-0.05, 0) is 19.1 Å². The molecular weight excluding hydrogens is 266 g/mol. The summed E-state index contributed by atoms with van der Waals surface area (Å²) in [6.07, 6.45) is 1.33. The number of amides is 1. The summed E-state index contributed by atoms with van der Waals surface area (Å²) >= 11 is 0. The molecule has 1 amide bonds. The van der Waals surface area contributed by atoms with E-state index in [9.17, 15) is 9.59 Å². The van der Waals surface area contributed by atoms with Crippen LogP contribution in [0.2, 0.25) is 0 Å². The van der Waals surface area contributed by atoms with Gasteiger partial charge in [0.25, 0.3) is 5.91 Å². The van der Waals surface area contributed by atoms with Crippen LogP contribution in [-0.2, 0) is 4.79 Å². The summed E-state index contributed by atoms with van der Waals surface area (Å²) in [4.78, 5) is 26.1. The van der Waals surface area contributed by atoms with Crippen LogP contribution in [0.15, 0.2) is 28.9 Å². The Morgan fingerprint density at radius 1 is 1.50 bits per heavy atom. The number of carboxylic acid groups (broad SMARTS) is 1. The number of hydrogen-bond donors (Lipinski definition) is 2. The van der Waals surface area contributed by atoms with E-state index in [1.807, 2.05) is 0 Å². The number of nitrogens with one attached hydrogen (secondary N) is 1. The van der Waals surface area contributed by atoms with Gasteiger partial charge in [-0.15, -0.1) is 0 Å². The smallest absolute Gasteiger partial charge is 0.358 e. The number of carboxylic acids is 1. The Bertz CT molecular complexity index is 638. The Balaban J connectivity index is 1.95. The van der Waals surface area contributed by atoms with Gasteiger partial charge in [-0.2, -0.15) is 0 Å². The van der Waals surface area contributed by atoms with Gasteiger partial charge in [0.05, 0.1) is 0 Å². The Kier molecular flexibility index (Phi) is 3.94. The fourth-order valence-electron chi connectivity index (χ4n) is 1.42. The van der Waals surface area contributed by atoms with Crippen LogP contribution in [0.1, 0.15) is 16.2 Å². The van der Waals surface area contributed by atoms with Gasteiger partial charge in [-0.1, -0.05) is 5.16 Å². The first-order valence-electron chi connectivity index (χ1n) is 5.60. The molecule has 0 aromatic carbocycles. The molecular formula is C12H11N3O5. The van der Waals surface area contributed by atoms with Crippen molar-refractivity contribution in [3.8, 4) is 5.75 Å². The summed E-state index contributed by atoms with van der Waals surface area (Å²) in [5.41, 5.74) is -0.252. The topological polar surface area (TPSA) is 115 Å². The zero-order valence-electron chi connectivity index (χ0n) is 10.5. The number of anilines is 1. The highest BCUT2D eigenvalue weighted by Gasteiger charge is 2.14. The van der Waals surface area contributed by atoms with Gasteiger partial charge in [0, 0.05) is 12.3 Å². The number of ether oxygens (including phenoxy) is 1. The van der Waals surface area contributed by atoms with Crippen molar-refractivity contribution in [2.45, 2.75) is 6.92 Å². The molecule has 0 saturated heterocycles. The van der Waals surface area contributed by atoms with E-state index in [0.717, 1.165) is 0 Å². The molecule has 2 aromatic heterocycles. The highest BCUT2D eigenvalue weighted by Crippen LogP contribution is 2.15. The molecule has 0 fully saturated rings. The standard InChI is InChI=1S/C12H11N3O5/c1-7-5-9(15-20-7)14-10(16)6-19-8-3-2-4-13-11(8)12(17)18/h2-5H,6H2,1H3,(H,17,18)(H,14,15,16). The molecule has 2 rings (SSSR count). The van der Waals surface area contributed by atoms with Crippen LogP contribution in [-0.4, -0.2) is 33.7 Å². The number of aromatic nitrogens is 2. The summed E-state index contributed by atoms with van der Waals surface area (Å²) in [6.45, 7) is 1.33. The van der Waals surface area contributed by atoms with Gasteiger partial charge in [-0.3, -0.25) is 4.79 Å². The Morgan fingerprint density at radius 3 is 2.95 bits per heavy atom. The second-order valence-corrected chi connectivity index (χ2v) is 3.81. The molecule has 0 aliphatic carbocycles. The van der Waals surface area contributed by atoms with Crippen LogP contribution in [0.4, 0.5) is 5.82 Å². The SMILES string of the molecule is Cc1cc(NC(=O)COc2cccnc2C(=O)O)no1. The number of aromatic carboxylic acids is 1. The van der Waals surface area contributed by atoms with E-state index in [2.05, 4.69) is 15.5 Å². The average Bonchev–Trinajstić information content (AvgIpc) is 2.82. The van der Waals surface area contributed by atoms with Gasteiger partial charge in [0.2, 0.25) is 0 Å². The third kappa shape index (κ3) is 3.31. The van der Waals surface area contributed by atoms with Crippen LogP contribution >= 0.6 is 0 Å². The lowest BCUT2D eigenvalue weighted by atomic mass is 10.3. The Morgan fingerprint density at radius 2 is 2.30 bits per heavy atom. The lowest BCUT2D eigenvalue weighted by molar-refractivity contribution is -0.118. The van der Waals surface area contributed by atoms with Crippen LogP contribution < -0.4 is 10.1 Å². The van der Waals surface area contributed by atoms with Crippen molar-refractivity contribution in [2.24, 2.45) is 0 Å². The van der Waals surface area contributed by atoms with E-state index in [-0.39, 0.29) is 23.9 Å². The number of carbonyl (C=O) groups is 2. The van der Waals surface area contributed by atoms with Crippen LogP contribution in [0, 0.1) is 6.92 Å². The van der Waals surface area contributed by atoms with Crippen LogP contribution in [0.5, 0.6) is 5.75 Å². The lowest BCUT2D eigenvalue weighted by Crippen LogP contribution is -2.21. The van der Waals surface area contributed by atoms with Crippen molar-refractivity contribution >= 4 is 17.7 Å². The molecule has 8 heteroatoms.